The van der Waals surface area contributed by atoms with Crippen molar-refractivity contribution in [1.82, 2.24) is 0 Å². The Kier molecular flexibility index (Phi) is 4.45. The van der Waals surface area contributed by atoms with Crippen LogP contribution in [-0.4, -0.2) is 15.9 Å². The SMILES string of the molecule is Oc1ccc2ccccc2c1/C=C1\C=[N+](Cc2ccccc2)c2ccccc2C1. The molecule has 1 aliphatic rings. The zero-order valence-corrected chi connectivity index (χ0v) is 16.1. The Hall–Kier alpha value is -3.65. The molecule has 29 heavy (non-hydrogen) atoms. The highest BCUT2D eigenvalue weighted by atomic mass is 16.3. The third-order valence-electron chi connectivity index (χ3n) is 5.49. The summed E-state index contributed by atoms with van der Waals surface area (Å²) in [5.41, 5.74) is 5.89. The molecule has 1 aliphatic heterocycles. The molecule has 0 saturated carbocycles. The molecule has 0 amide bonds. The average Bonchev–Trinajstić information content (AvgIpc) is 2.76. The molecular formula is C27H22NO+. The first-order chi connectivity index (χ1) is 14.3. The quantitative estimate of drug-likeness (QED) is 0.429. The number of hydrogen-bond donors (Lipinski definition) is 1. The van der Waals surface area contributed by atoms with E-state index in [4.69, 9.17) is 0 Å². The first-order valence-corrected chi connectivity index (χ1v) is 9.92. The van der Waals surface area contributed by atoms with E-state index in [-0.39, 0.29) is 0 Å². The fourth-order valence-corrected chi connectivity index (χ4v) is 4.10. The number of aromatic hydroxyl groups is 1. The highest BCUT2D eigenvalue weighted by molar-refractivity contribution is 5.97. The van der Waals surface area contributed by atoms with Crippen LogP contribution in [0.2, 0.25) is 0 Å². The topological polar surface area (TPSA) is 23.2 Å². The van der Waals surface area contributed by atoms with Crippen LogP contribution in [-0.2, 0) is 13.0 Å². The summed E-state index contributed by atoms with van der Waals surface area (Å²) in [5, 5.41) is 12.8. The van der Waals surface area contributed by atoms with Crippen LogP contribution < -0.4 is 0 Å². The van der Waals surface area contributed by atoms with E-state index in [0.717, 1.165) is 29.3 Å². The van der Waals surface area contributed by atoms with Crippen LogP contribution in [0, 0.1) is 0 Å². The Morgan fingerprint density at radius 3 is 2.45 bits per heavy atom. The van der Waals surface area contributed by atoms with Crippen molar-refractivity contribution in [3.05, 3.63) is 113 Å². The largest absolute Gasteiger partial charge is 0.507 e. The molecule has 0 aliphatic carbocycles. The molecular weight excluding hydrogens is 354 g/mol. The van der Waals surface area contributed by atoms with Gasteiger partial charge in [0, 0.05) is 34.8 Å². The number of hydrogen-bond acceptors (Lipinski definition) is 1. The Balaban J connectivity index is 1.63. The van der Waals surface area contributed by atoms with Gasteiger partial charge in [-0.1, -0.05) is 78.9 Å². The van der Waals surface area contributed by atoms with Gasteiger partial charge in [-0.2, -0.15) is 4.58 Å². The number of phenols is 1. The molecule has 2 nitrogen and oxygen atoms in total. The molecule has 0 spiro atoms. The molecule has 0 atom stereocenters. The minimum absolute atomic E-state index is 0.318. The van der Waals surface area contributed by atoms with Gasteiger partial charge >= 0.3 is 0 Å². The predicted molar refractivity (Wildman–Crippen MR) is 120 cm³/mol. The molecule has 0 aromatic heterocycles. The third-order valence-corrected chi connectivity index (χ3v) is 5.49. The highest BCUT2D eigenvalue weighted by Crippen LogP contribution is 2.32. The minimum atomic E-state index is 0.318. The van der Waals surface area contributed by atoms with Gasteiger partial charge < -0.3 is 5.11 Å². The maximum Gasteiger partial charge on any atom is 0.209 e. The van der Waals surface area contributed by atoms with E-state index in [9.17, 15) is 5.11 Å². The van der Waals surface area contributed by atoms with Crippen LogP contribution in [0.4, 0.5) is 5.69 Å². The van der Waals surface area contributed by atoms with E-state index in [1.165, 1.54) is 22.4 Å². The van der Waals surface area contributed by atoms with Gasteiger partial charge in [0.2, 0.25) is 5.69 Å². The predicted octanol–water partition coefficient (Wildman–Crippen LogP) is 6.10. The summed E-state index contributed by atoms with van der Waals surface area (Å²) in [6, 6.07) is 31.0. The molecule has 0 bridgehead atoms. The zero-order chi connectivity index (χ0) is 19.6. The Bertz CT molecular complexity index is 1250. The molecule has 0 radical (unpaired) electrons. The minimum Gasteiger partial charge on any atom is -0.507 e. The number of fused-ring (bicyclic) bond motifs is 2. The van der Waals surface area contributed by atoms with Crippen molar-refractivity contribution in [3.63, 3.8) is 0 Å². The monoisotopic (exact) mass is 376 g/mol. The molecule has 2 heteroatoms. The number of nitrogens with zero attached hydrogens (tertiary/aromatic N) is 1. The zero-order valence-electron chi connectivity index (χ0n) is 16.1. The molecule has 4 aromatic carbocycles. The highest BCUT2D eigenvalue weighted by Gasteiger charge is 2.22. The molecule has 4 aromatic rings. The van der Waals surface area contributed by atoms with Crippen LogP contribution in [0.3, 0.4) is 0 Å². The summed E-state index contributed by atoms with van der Waals surface area (Å²) in [6.45, 7) is 0.816. The van der Waals surface area contributed by atoms with Crippen LogP contribution >= 0.6 is 0 Å². The van der Waals surface area contributed by atoms with Crippen LogP contribution in [0.25, 0.3) is 16.8 Å². The lowest BCUT2D eigenvalue weighted by Crippen LogP contribution is -2.16. The molecule has 0 saturated heterocycles. The first-order valence-electron chi connectivity index (χ1n) is 9.92. The van der Waals surface area contributed by atoms with E-state index in [1.807, 2.05) is 24.3 Å². The van der Waals surface area contributed by atoms with E-state index >= 15 is 0 Å². The number of para-hydroxylation sites is 1. The van der Waals surface area contributed by atoms with Gasteiger partial charge in [-0.05, 0) is 22.9 Å². The van der Waals surface area contributed by atoms with E-state index < -0.39 is 0 Å². The second kappa shape index (κ2) is 7.40. The van der Waals surface area contributed by atoms with Gasteiger partial charge in [-0.15, -0.1) is 0 Å². The second-order valence-electron chi connectivity index (χ2n) is 7.49. The summed E-state index contributed by atoms with van der Waals surface area (Å²) >= 11 is 0. The molecule has 0 unspecified atom stereocenters. The lowest BCUT2D eigenvalue weighted by molar-refractivity contribution is -0.454. The number of rotatable bonds is 3. The standard InChI is InChI=1S/C27H21NO/c29-27-15-14-22-10-4-6-12-24(22)25(27)17-21-16-23-11-5-7-13-26(23)28(19-21)18-20-8-2-1-3-9-20/h1-15,17,19H,16,18H2/p+1. The molecule has 5 rings (SSSR count). The molecule has 0 fully saturated rings. The Morgan fingerprint density at radius 1 is 0.793 bits per heavy atom. The van der Waals surface area contributed by atoms with Gasteiger partial charge in [-0.3, -0.25) is 0 Å². The van der Waals surface area contributed by atoms with Gasteiger partial charge in [0.15, 0.2) is 12.8 Å². The van der Waals surface area contributed by atoms with Crippen molar-refractivity contribution >= 4 is 28.8 Å². The summed E-state index contributed by atoms with van der Waals surface area (Å²) < 4.78 is 2.31. The maximum atomic E-state index is 10.6. The van der Waals surface area contributed by atoms with E-state index in [2.05, 4.69) is 77.5 Å². The van der Waals surface area contributed by atoms with Gasteiger partial charge in [0.1, 0.15) is 5.75 Å². The Morgan fingerprint density at radius 2 is 1.55 bits per heavy atom. The average molecular weight is 376 g/mol. The number of allylic oxidation sites excluding steroid dienone is 1. The van der Waals surface area contributed by atoms with Crippen LogP contribution in [0.1, 0.15) is 16.7 Å². The van der Waals surface area contributed by atoms with E-state index in [0.29, 0.717) is 5.75 Å². The molecule has 140 valence electrons. The van der Waals surface area contributed by atoms with E-state index in [1.54, 1.807) is 6.07 Å². The number of phenolic OH excluding ortho intramolecular Hbond substituents is 1. The lowest BCUT2D eigenvalue weighted by Gasteiger charge is -2.15. The fraction of sp³-hybridized carbons (Fsp3) is 0.0741. The normalized spacial score (nSPS) is 14.6. The van der Waals surface area contributed by atoms with Crippen molar-refractivity contribution in [3.8, 4) is 5.75 Å². The van der Waals surface area contributed by atoms with Crippen molar-refractivity contribution in [1.29, 1.82) is 0 Å². The van der Waals surface area contributed by atoms with Crippen molar-refractivity contribution in [2.45, 2.75) is 13.0 Å². The van der Waals surface area contributed by atoms with Crippen molar-refractivity contribution in [2.24, 2.45) is 0 Å². The maximum absolute atomic E-state index is 10.6. The molecule has 1 heterocycles. The van der Waals surface area contributed by atoms with Crippen molar-refractivity contribution < 1.29 is 9.68 Å². The lowest BCUT2D eigenvalue weighted by atomic mass is 9.96. The summed E-state index contributed by atoms with van der Waals surface area (Å²) in [6.07, 6.45) is 5.20. The van der Waals surface area contributed by atoms with Crippen LogP contribution in [0.15, 0.2) is 96.6 Å². The smallest absolute Gasteiger partial charge is 0.209 e. The third kappa shape index (κ3) is 3.45. The second-order valence-corrected chi connectivity index (χ2v) is 7.49. The number of benzene rings is 4. The summed E-state index contributed by atoms with van der Waals surface area (Å²) in [7, 11) is 0. The van der Waals surface area contributed by atoms with Gasteiger partial charge in [-0.25, -0.2) is 0 Å². The van der Waals surface area contributed by atoms with Gasteiger partial charge in [0.05, 0.1) is 0 Å². The summed E-state index contributed by atoms with van der Waals surface area (Å²) in [4.78, 5) is 0. The summed E-state index contributed by atoms with van der Waals surface area (Å²) in [5.74, 6) is 0.318. The molecule has 1 N–H and O–H groups in total. The first kappa shape index (κ1) is 17.4. The Labute approximate surface area is 170 Å². The fourth-order valence-electron chi connectivity index (χ4n) is 4.10. The van der Waals surface area contributed by atoms with Gasteiger partial charge in [0.25, 0.3) is 0 Å². The van der Waals surface area contributed by atoms with Crippen molar-refractivity contribution in [2.75, 3.05) is 0 Å². The van der Waals surface area contributed by atoms with Crippen LogP contribution in [0.5, 0.6) is 5.75 Å².